The molecule has 12 rings (SSSR count). The number of hydrogen-bond donors (Lipinski definition) is 0. The number of thiophene rings is 1. The Labute approximate surface area is 353 Å². The van der Waals surface area contributed by atoms with Gasteiger partial charge in [-0.2, -0.15) is 0 Å². The summed E-state index contributed by atoms with van der Waals surface area (Å²) >= 11 is 1.88. The number of nitrogens with zero attached hydrogens (tertiary/aromatic N) is 1. The van der Waals surface area contributed by atoms with Crippen molar-refractivity contribution in [2.75, 3.05) is 4.90 Å². The highest BCUT2D eigenvalue weighted by atomic mass is 32.1. The van der Waals surface area contributed by atoms with Crippen LogP contribution in [0.15, 0.2) is 166 Å². The molecule has 60 heavy (non-hydrogen) atoms. The normalized spacial score (nSPS) is 17.0. The molecule has 0 N–H and O–H groups in total. The van der Waals surface area contributed by atoms with Crippen LogP contribution >= 0.6 is 11.3 Å². The summed E-state index contributed by atoms with van der Waals surface area (Å²) in [6, 6.07) is 51.4. The molecule has 7 aromatic carbocycles. The number of furan rings is 2. The van der Waals surface area contributed by atoms with E-state index in [0.717, 1.165) is 49.4 Å². The van der Waals surface area contributed by atoms with Crippen LogP contribution in [0.5, 0.6) is 0 Å². The van der Waals surface area contributed by atoms with E-state index in [1.807, 2.05) is 17.4 Å². The molecular formula is C56H45NO2S. The first-order chi connectivity index (χ1) is 29.0. The number of benzene rings is 7. The number of anilines is 2. The Hall–Kier alpha value is -6.36. The monoisotopic (exact) mass is 795 g/mol. The van der Waals surface area contributed by atoms with Gasteiger partial charge >= 0.3 is 0 Å². The standard InChI is InChI=1S/C56H45NO2S/c1-55(2,3)34-27-43(32-19-22-39-37-13-7-10-16-47(37)58-49(39)25-32)53-45(29-34)46-30-35(56(4,5)6)28-44(33-20-23-40-38-14-8-11-17-48(38)59-50(40)26-33)54(46)57(53)36-21-24-42-41-15-9-12-18-51(41)60-52(42)31-36/h7-31,43,53H,1-6H3. The molecule has 0 radical (unpaired) electrons. The Kier molecular flexibility index (Phi) is 7.46. The second kappa shape index (κ2) is 12.6. The van der Waals surface area contributed by atoms with Crippen LogP contribution in [0.4, 0.5) is 11.4 Å². The fourth-order valence-electron chi connectivity index (χ4n) is 9.96. The van der Waals surface area contributed by atoms with E-state index in [0.29, 0.717) is 0 Å². The number of para-hydroxylation sites is 2. The third-order valence-electron chi connectivity index (χ3n) is 13.1. The molecule has 3 aromatic heterocycles. The van der Waals surface area contributed by atoms with Gasteiger partial charge in [0.2, 0.25) is 0 Å². The van der Waals surface area contributed by atoms with Crippen molar-refractivity contribution in [1.29, 1.82) is 0 Å². The summed E-state index contributed by atoms with van der Waals surface area (Å²) < 4.78 is 15.7. The highest BCUT2D eigenvalue weighted by Crippen LogP contribution is 2.58. The lowest BCUT2D eigenvalue weighted by Gasteiger charge is -2.38. The van der Waals surface area contributed by atoms with Gasteiger partial charge in [0, 0.05) is 64.4 Å². The quantitative estimate of drug-likeness (QED) is 0.178. The molecule has 0 fully saturated rings. The van der Waals surface area contributed by atoms with Crippen molar-refractivity contribution in [2.24, 2.45) is 5.41 Å². The molecule has 0 amide bonds. The van der Waals surface area contributed by atoms with Gasteiger partial charge in [-0.15, -0.1) is 11.3 Å². The molecule has 0 saturated heterocycles. The van der Waals surface area contributed by atoms with E-state index in [9.17, 15) is 0 Å². The number of rotatable bonds is 3. The first kappa shape index (κ1) is 35.6. The number of fused-ring (bicyclic) bond motifs is 12. The molecule has 1 aliphatic heterocycles. The van der Waals surface area contributed by atoms with Crippen LogP contribution in [0.25, 0.3) is 80.7 Å². The molecule has 1 aliphatic carbocycles. The second-order valence-electron chi connectivity index (χ2n) is 18.9. The lowest BCUT2D eigenvalue weighted by Crippen LogP contribution is -2.35. The number of hydrogen-bond acceptors (Lipinski definition) is 4. The van der Waals surface area contributed by atoms with Crippen LogP contribution in [0.3, 0.4) is 0 Å². The predicted octanol–water partition coefficient (Wildman–Crippen LogP) is 16.5. The lowest BCUT2D eigenvalue weighted by atomic mass is 9.73. The first-order valence-corrected chi connectivity index (χ1v) is 22.0. The molecule has 2 atom stereocenters. The molecule has 2 aliphatic rings. The summed E-state index contributed by atoms with van der Waals surface area (Å²) in [5.41, 5.74) is 14.9. The number of allylic oxidation sites excluding steroid dienone is 2. The second-order valence-corrected chi connectivity index (χ2v) is 20.0. The van der Waals surface area contributed by atoms with Crippen LogP contribution in [0, 0.1) is 5.41 Å². The summed E-state index contributed by atoms with van der Waals surface area (Å²) in [6.07, 6.45) is 5.08. The average molecular weight is 796 g/mol. The third-order valence-corrected chi connectivity index (χ3v) is 14.3. The van der Waals surface area contributed by atoms with Crippen LogP contribution in [-0.4, -0.2) is 6.04 Å². The molecule has 0 bridgehead atoms. The van der Waals surface area contributed by atoms with Crippen LogP contribution < -0.4 is 4.90 Å². The van der Waals surface area contributed by atoms with E-state index in [4.69, 9.17) is 8.83 Å². The maximum Gasteiger partial charge on any atom is 0.136 e. The van der Waals surface area contributed by atoms with E-state index in [2.05, 4.69) is 192 Å². The van der Waals surface area contributed by atoms with E-state index in [-0.39, 0.29) is 22.8 Å². The highest BCUT2D eigenvalue weighted by molar-refractivity contribution is 7.25. The van der Waals surface area contributed by atoms with E-state index in [1.54, 1.807) is 0 Å². The van der Waals surface area contributed by atoms with Crippen molar-refractivity contribution >= 4 is 92.3 Å². The van der Waals surface area contributed by atoms with Gasteiger partial charge in [0.15, 0.2) is 0 Å². The topological polar surface area (TPSA) is 29.5 Å². The Balaban J connectivity index is 1.15. The molecule has 2 unspecified atom stereocenters. The Bertz CT molecular complexity index is 3480. The largest absolute Gasteiger partial charge is 0.456 e. The van der Waals surface area contributed by atoms with Crippen molar-refractivity contribution in [3.63, 3.8) is 0 Å². The molecule has 292 valence electrons. The van der Waals surface area contributed by atoms with Crippen molar-refractivity contribution in [2.45, 2.75) is 58.9 Å². The minimum atomic E-state index is -0.0875. The minimum absolute atomic E-state index is 0.0105. The Morgan fingerprint density at radius 3 is 1.83 bits per heavy atom. The summed E-state index contributed by atoms with van der Waals surface area (Å²) in [6.45, 7) is 14.0. The van der Waals surface area contributed by atoms with Crippen molar-refractivity contribution < 1.29 is 8.83 Å². The molecule has 0 saturated carbocycles. The SMILES string of the molecule is CC(C)(C)C1=CC(c2ccc3c(c2)oc2ccccc23)C2C(=C1)c1cc(C(C)(C)C)cc(-c3ccc4c(c3)oc3ccccc34)c1N2c1ccc2c(c1)sc1ccccc12. The summed E-state index contributed by atoms with van der Waals surface area (Å²) in [5.74, 6) is 0.0335. The summed E-state index contributed by atoms with van der Waals surface area (Å²) in [4.78, 5) is 2.68. The van der Waals surface area contributed by atoms with E-state index in [1.165, 1.54) is 64.9 Å². The smallest absolute Gasteiger partial charge is 0.136 e. The van der Waals surface area contributed by atoms with Crippen LogP contribution in [0.2, 0.25) is 0 Å². The van der Waals surface area contributed by atoms with Gasteiger partial charge in [-0.25, -0.2) is 0 Å². The van der Waals surface area contributed by atoms with Crippen molar-refractivity contribution in [1.82, 2.24) is 0 Å². The van der Waals surface area contributed by atoms with Gasteiger partial charge in [0.1, 0.15) is 22.3 Å². The van der Waals surface area contributed by atoms with E-state index >= 15 is 0 Å². The van der Waals surface area contributed by atoms with E-state index < -0.39 is 0 Å². The maximum atomic E-state index is 6.57. The summed E-state index contributed by atoms with van der Waals surface area (Å²) in [7, 11) is 0. The fourth-order valence-corrected chi connectivity index (χ4v) is 11.1. The Morgan fingerprint density at radius 2 is 1.12 bits per heavy atom. The van der Waals surface area contributed by atoms with Crippen molar-refractivity contribution in [3.8, 4) is 11.1 Å². The van der Waals surface area contributed by atoms with Gasteiger partial charge < -0.3 is 13.7 Å². The average Bonchev–Trinajstić information content (AvgIpc) is 4.00. The third kappa shape index (κ3) is 5.33. The van der Waals surface area contributed by atoms with Crippen LogP contribution in [0.1, 0.15) is 64.2 Å². The molecule has 4 heterocycles. The maximum absolute atomic E-state index is 6.57. The van der Waals surface area contributed by atoms with Gasteiger partial charge in [0.25, 0.3) is 0 Å². The molecule has 0 spiro atoms. The van der Waals surface area contributed by atoms with Crippen LogP contribution in [-0.2, 0) is 5.41 Å². The van der Waals surface area contributed by atoms with Gasteiger partial charge in [-0.05, 0) is 99.3 Å². The van der Waals surface area contributed by atoms with Crippen molar-refractivity contribution in [3.05, 3.63) is 174 Å². The molecular weight excluding hydrogens is 751 g/mol. The first-order valence-electron chi connectivity index (χ1n) is 21.1. The minimum Gasteiger partial charge on any atom is -0.456 e. The molecule has 3 nitrogen and oxygen atoms in total. The highest BCUT2D eigenvalue weighted by Gasteiger charge is 2.45. The van der Waals surface area contributed by atoms with Gasteiger partial charge in [0.05, 0.1) is 11.7 Å². The predicted molar refractivity (Wildman–Crippen MR) is 255 cm³/mol. The molecule has 4 heteroatoms. The Morgan fingerprint density at radius 1 is 0.517 bits per heavy atom. The lowest BCUT2D eigenvalue weighted by molar-refractivity contribution is 0.507. The summed E-state index contributed by atoms with van der Waals surface area (Å²) in [5, 5.41) is 7.21. The fraction of sp³-hybridized carbons (Fsp3) is 0.179. The zero-order valence-electron chi connectivity index (χ0n) is 34.8. The van der Waals surface area contributed by atoms with Gasteiger partial charge in [-0.3, -0.25) is 0 Å². The van der Waals surface area contributed by atoms with Gasteiger partial charge in [-0.1, -0.05) is 133 Å². The zero-order valence-corrected chi connectivity index (χ0v) is 35.6. The molecule has 10 aromatic rings. The zero-order chi connectivity index (χ0) is 40.7.